The fourth-order valence-corrected chi connectivity index (χ4v) is 2.22. The van der Waals surface area contributed by atoms with Crippen LogP contribution in [-0.4, -0.2) is 29.2 Å². The third-order valence-corrected chi connectivity index (χ3v) is 3.22. The standard InChI is InChI=1S/C13H16N4O/c14-9-1-2-11-12(7-9)15-8-16-13(11)17-10-3-5-18-6-4-10/h1-2,7-8,10H,3-6,14H2,(H,15,16,17). The Labute approximate surface area is 105 Å². The Hall–Kier alpha value is -1.88. The number of nitrogens with zero attached hydrogens (tertiary/aromatic N) is 2. The second kappa shape index (κ2) is 4.78. The van der Waals surface area contributed by atoms with Crippen molar-refractivity contribution in [2.45, 2.75) is 18.9 Å². The average Bonchev–Trinajstić information content (AvgIpc) is 2.40. The summed E-state index contributed by atoms with van der Waals surface area (Å²) in [6.07, 6.45) is 3.60. The van der Waals surface area contributed by atoms with Crippen LogP contribution >= 0.6 is 0 Å². The molecule has 18 heavy (non-hydrogen) atoms. The van der Waals surface area contributed by atoms with Gasteiger partial charge in [0.15, 0.2) is 0 Å². The van der Waals surface area contributed by atoms with E-state index in [0.29, 0.717) is 6.04 Å². The fourth-order valence-electron chi connectivity index (χ4n) is 2.22. The molecule has 0 unspecified atom stereocenters. The number of rotatable bonds is 2. The van der Waals surface area contributed by atoms with Crippen LogP contribution in [0.3, 0.4) is 0 Å². The summed E-state index contributed by atoms with van der Waals surface area (Å²) in [5.74, 6) is 0.881. The minimum Gasteiger partial charge on any atom is -0.399 e. The number of nitrogens with one attached hydrogen (secondary N) is 1. The van der Waals surface area contributed by atoms with E-state index in [-0.39, 0.29) is 0 Å². The maximum Gasteiger partial charge on any atom is 0.137 e. The second-order valence-electron chi connectivity index (χ2n) is 4.53. The van der Waals surface area contributed by atoms with Crippen LogP contribution in [-0.2, 0) is 4.74 Å². The number of ether oxygens (including phenoxy) is 1. The Morgan fingerprint density at radius 3 is 2.89 bits per heavy atom. The number of hydrogen-bond acceptors (Lipinski definition) is 5. The summed E-state index contributed by atoms with van der Waals surface area (Å²) in [5, 5.41) is 4.48. The molecule has 5 heteroatoms. The van der Waals surface area contributed by atoms with E-state index in [4.69, 9.17) is 10.5 Å². The van der Waals surface area contributed by atoms with Gasteiger partial charge in [0, 0.05) is 30.3 Å². The first-order chi connectivity index (χ1) is 8.83. The SMILES string of the molecule is Nc1ccc2c(NC3CCOCC3)ncnc2c1. The molecule has 0 spiro atoms. The highest BCUT2D eigenvalue weighted by Crippen LogP contribution is 2.23. The lowest BCUT2D eigenvalue weighted by molar-refractivity contribution is 0.0904. The number of benzene rings is 1. The fraction of sp³-hybridized carbons (Fsp3) is 0.385. The molecule has 1 aliphatic rings. The van der Waals surface area contributed by atoms with Gasteiger partial charge < -0.3 is 15.8 Å². The molecule has 0 saturated carbocycles. The van der Waals surface area contributed by atoms with E-state index < -0.39 is 0 Å². The normalized spacial score (nSPS) is 16.9. The molecule has 5 nitrogen and oxygen atoms in total. The lowest BCUT2D eigenvalue weighted by Crippen LogP contribution is -2.28. The molecule has 1 aromatic carbocycles. The number of nitrogens with two attached hydrogens (primary N) is 1. The molecule has 0 amide bonds. The van der Waals surface area contributed by atoms with E-state index in [0.717, 1.165) is 48.5 Å². The van der Waals surface area contributed by atoms with Crippen LogP contribution in [0.2, 0.25) is 0 Å². The molecular weight excluding hydrogens is 228 g/mol. The third-order valence-electron chi connectivity index (χ3n) is 3.22. The zero-order valence-corrected chi connectivity index (χ0v) is 10.1. The van der Waals surface area contributed by atoms with Crippen molar-refractivity contribution in [1.82, 2.24) is 9.97 Å². The summed E-state index contributed by atoms with van der Waals surface area (Å²) in [4.78, 5) is 8.57. The minimum absolute atomic E-state index is 0.425. The second-order valence-corrected chi connectivity index (χ2v) is 4.53. The van der Waals surface area contributed by atoms with E-state index >= 15 is 0 Å². The summed E-state index contributed by atoms with van der Waals surface area (Å²) in [6.45, 7) is 1.63. The van der Waals surface area contributed by atoms with E-state index in [1.807, 2.05) is 18.2 Å². The summed E-state index contributed by atoms with van der Waals surface area (Å²) in [7, 11) is 0. The summed E-state index contributed by atoms with van der Waals surface area (Å²) in [5.41, 5.74) is 7.36. The molecule has 1 saturated heterocycles. The molecule has 0 atom stereocenters. The van der Waals surface area contributed by atoms with Crippen molar-refractivity contribution in [1.29, 1.82) is 0 Å². The van der Waals surface area contributed by atoms with Gasteiger partial charge in [0.25, 0.3) is 0 Å². The van der Waals surface area contributed by atoms with E-state index in [9.17, 15) is 0 Å². The van der Waals surface area contributed by atoms with Crippen molar-refractivity contribution < 1.29 is 4.74 Å². The number of aromatic nitrogens is 2. The van der Waals surface area contributed by atoms with Gasteiger partial charge in [0.05, 0.1) is 5.52 Å². The first kappa shape index (κ1) is 11.2. The number of hydrogen-bond donors (Lipinski definition) is 2. The molecule has 2 heterocycles. The van der Waals surface area contributed by atoms with Crippen LogP contribution in [0, 0.1) is 0 Å². The predicted octanol–water partition coefficient (Wildman–Crippen LogP) is 1.80. The van der Waals surface area contributed by atoms with Crippen molar-refractivity contribution in [3.63, 3.8) is 0 Å². The maximum absolute atomic E-state index is 5.76. The van der Waals surface area contributed by atoms with Crippen LogP contribution < -0.4 is 11.1 Å². The number of anilines is 2. The largest absolute Gasteiger partial charge is 0.399 e. The van der Waals surface area contributed by atoms with Crippen LogP contribution in [0.25, 0.3) is 10.9 Å². The Morgan fingerprint density at radius 1 is 1.22 bits per heavy atom. The van der Waals surface area contributed by atoms with Gasteiger partial charge in [0.1, 0.15) is 12.1 Å². The molecule has 3 N–H and O–H groups in total. The van der Waals surface area contributed by atoms with Crippen molar-refractivity contribution in [2.75, 3.05) is 24.3 Å². The minimum atomic E-state index is 0.425. The smallest absolute Gasteiger partial charge is 0.137 e. The predicted molar refractivity (Wildman–Crippen MR) is 71.4 cm³/mol. The molecule has 94 valence electrons. The molecule has 1 fully saturated rings. The van der Waals surface area contributed by atoms with Crippen LogP contribution in [0.15, 0.2) is 24.5 Å². The summed E-state index contributed by atoms with van der Waals surface area (Å²) in [6, 6.07) is 6.13. The monoisotopic (exact) mass is 244 g/mol. The topological polar surface area (TPSA) is 73.1 Å². The first-order valence-electron chi connectivity index (χ1n) is 6.17. The quantitative estimate of drug-likeness (QED) is 0.788. The average molecular weight is 244 g/mol. The van der Waals surface area contributed by atoms with Gasteiger partial charge in [-0.15, -0.1) is 0 Å². The van der Waals surface area contributed by atoms with E-state index in [1.54, 1.807) is 6.33 Å². The zero-order valence-electron chi connectivity index (χ0n) is 10.1. The maximum atomic E-state index is 5.76. The highest BCUT2D eigenvalue weighted by atomic mass is 16.5. The van der Waals surface area contributed by atoms with E-state index in [2.05, 4.69) is 15.3 Å². The third kappa shape index (κ3) is 2.22. The van der Waals surface area contributed by atoms with Crippen molar-refractivity contribution in [3.8, 4) is 0 Å². The lowest BCUT2D eigenvalue weighted by atomic mass is 10.1. The molecule has 1 aromatic heterocycles. The molecule has 2 aromatic rings. The number of nitrogen functional groups attached to an aromatic ring is 1. The Kier molecular flexibility index (Phi) is 2.98. The molecule has 0 aliphatic carbocycles. The Bertz CT molecular complexity index is 552. The first-order valence-corrected chi connectivity index (χ1v) is 6.17. The van der Waals surface area contributed by atoms with Gasteiger partial charge in [-0.1, -0.05) is 0 Å². The van der Waals surface area contributed by atoms with Crippen molar-refractivity contribution >= 4 is 22.4 Å². The van der Waals surface area contributed by atoms with Crippen LogP contribution in [0.5, 0.6) is 0 Å². The van der Waals surface area contributed by atoms with Gasteiger partial charge in [-0.3, -0.25) is 0 Å². The highest BCUT2D eigenvalue weighted by molar-refractivity contribution is 5.90. The van der Waals surface area contributed by atoms with Gasteiger partial charge in [-0.2, -0.15) is 0 Å². The Balaban J connectivity index is 1.91. The van der Waals surface area contributed by atoms with E-state index in [1.165, 1.54) is 0 Å². The van der Waals surface area contributed by atoms with Gasteiger partial charge in [0.2, 0.25) is 0 Å². The number of fused-ring (bicyclic) bond motifs is 1. The molecule has 0 radical (unpaired) electrons. The van der Waals surface area contributed by atoms with Crippen LogP contribution in [0.4, 0.5) is 11.5 Å². The van der Waals surface area contributed by atoms with Crippen molar-refractivity contribution in [3.05, 3.63) is 24.5 Å². The Morgan fingerprint density at radius 2 is 2.06 bits per heavy atom. The van der Waals surface area contributed by atoms with Gasteiger partial charge in [-0.05, 0) is 31.0 Å². The lowest BCUT2D eigenvalue weighted by Gasteiger charge is -2.24. The van der Waals surface area contributed by atoms with Gasteiger partial charge >= 0.3 is 0 Å². The zero-order chi connectivity index (χ0) is 12.4. The van der Waals surface area contributed by atoms with Crippen LogP contribution in [0.1, 0.15) is 12.8 Å². The molecule has 1 aliphatic heterocycles. The van der Waals surface area contributed by atoms with Crippen molar-refractivity contribution in [2.24, 2.45) is 0 Å². The molecule has 0 bridgehead atoms. The van der Waals surface area contributed by atoms with Gasteiger partial charge in [-0.25, -0.2) is 9.97 Å². The summed E-state index contributed by atoms with van der Waals surface area (Å²) >= 11 is 0. The molecule has 3 rings (SSSR count). The molecular formula is C13H16N4O. The highest BCUT2D eigenvalue weighted by Gasteiger charge is 2.15. The summed E-state index contributed by atoms with van der Waals surface area (Å²) < 4.78 is 5.35.